The maximum atomic E-state index is 13.5. The summed E-state index contributed by atoms with van der Waals surface area (Å²) >= 11 is 0. The number of nitrogens with zero attached hydrogens (tertiary/aromatic N) is 3. The van der Waals surface area contributed by atoms with E-state index in [1.54, 1.807) is 6.20 Å². The van der Waals surface area contributed by atoms with Gasteiger partial charge in [-0.1, -0.05) is 18.2 Å². The molecule has 2 heterocycles. The lowest BCUT2D eigenvalue weighted by Crippen LogP contribution is -2.55. The monoisotopic (exact) mass is 406 g/mol. The Balaban J connectivity index is 1.31. The van der Waals surface area contributed by atoms with Gasteiger partial charge in [-0.25, -0.2) is 4.68 Å². The molecule has 2 aromatic rings. The van der Waals surface area contributed by atoms with E-state index in [0.29, 0.717) is 36.7 Å². The molecule has 6 heteroatoms. The van der Waals surface area contributed by atoms with Crippen LogP contribution in [0.15, 0.2) is 36.5 Å². The van der Waals surface area contributed by atoms with Gasteiger partial charge in [0.25, 0.3) is 5.91 Å². The van der Waals surface area contributed by atoms with E-state index in [9.17, 15) is 4.79 Å². The van der Waals surface area contributed by atoms with Gasteiger partial charge in [0.05, 0.1) is 25.1 Å². The molecule has 4 bridgehead atoms. The van der Waals surface area contributed by atoms with Crippen molar-refractivity contribution in [2.75, 3.05) is 31.2 Å². The maximum Gasteiger partial charge on any atom is 0.256 e. The molecular weight excluding hydrogens is 376 g/mol. The fourth-order valence-electron chi connectivity index (χ4n) is 6.73. The second-order valence-electron chi connectivity index (χ2n) is 9.66. The third-order valence-electron chi connectivity index (χ3n) is 7.82. The zero-order chi connectivity index (χ0) is 20.1. The summed E-state index contributed by atoms with van der Waals surface area (Å²) in [7, 11) is 0. The topological polar surface area (TPSA) is 59.4 Å². The Labute approximate surface area is 177 Å². The summed E-state index contributed by atoms with van der Waals surface area (Å²) in [5, 5.41) is 8.11. The van der Waals surface area contributed by atoms with Crippen molar-refractivity contribution in [2.24, 2.45) is 23.7 Å². The number of hydrogen-bond acceptors (Lipinski definition) is 4. The zero-order valence-electron chi connectivity index (χ0n) is 17.4. The van der Waals surface area contributed by atoms with E-state index in [0.717, 1.165) is 36.4 Å². The van der Waals surface area contributed by atoms with Crippen molar-refractivity contribution in [1.29, 1.82) is 0 Å². The first-order valence-electron chi connectivity index (χ1n) is 11.5. The minimum Gasteiger partial charge on any atom is -0.378 e. The smallest absolute Gasteiger partial charge is 0.256 e. The number of benzene rings is 1. The number of hydrogen-bond donors (Lipinski definition) is 1. The molecule has 7 rings (SSSR count). The number of anilines is 1. The SMILES string of the molecule is O=C(NC1C2CC3CC(C2)CC1C3)c1cnn(-c2ccccc2)c1N1CCOCC1. The van der Waals surface area contributed by atoms with Crippen LogP contribution in [0.25, 0.3) is 5.69 Å². The minimum atomic E-state index is 0.0381. The number of rotatable bonds is 4. The Bertz CT molecular complexity index is 891. The molecule has 5 fully saturated rings. The molecule has 158 valence electrons. The molecular formula is C24H30N4O2. The van der Waals surface area contributed by atoms with Gasteiger partial charge in [0.2, 0.25) is 0 Å². The van der Waals surface area contributed by atoms with Gasteiger partial charge < -0.3 is 15.0 Å². The summed E-state index contributed by atoms with van der Waals surface area (Å²) in [6.45, 7) is 2.90. The van der Waals surface area contributed by atoms with Crippen molar-refractivity contribution >= 4 is 11.7 Å². The highest BCUT2D eigenvalue weighted by Crippen LogP contribution is 2.53. The fourth-order valence-corrected chi connectivity index (χ4v) is 6.73. The van der Waals surface area contributed by atoms with Crippen LogP contribution in [0.1, 0.15) is 42.5 Å². The number of ether oxygens (including phenoxy) is 1. The number of aromatic nitrogens is 2. The van der Waals surface area contributed by atoms with Crippen LogP contribution in [0, 0.1) is 23.7 Å². The van der Waals surface area contributed by atoms with Crippen LogP contribution in [0.4, 0.5) is 5.82 Å². The Hall–Kier alpha value is -2.34. The predicted octanol–water partition coefficient (Wildman–Crippen LogP) is 3.26. The zero-order valence-corrected chi connectivity index (χ0v) is 17.4. The highest BCUT2D eigenvalue weighted by atomic mass is 16.5. The average Bonchev–Trinajstić information content (AvgIpc) is 3.22. The normalized spacial score (nSPS) is 32.4. The van der Waals surface area contributed by atoms with Crippen LogP contribution < -0.4 is 10.2 Å². The van der Waals surface area contributed by atoms with Crippen molar-refractivity contribution in [1.82, 2.24) is 15.1 Å². The summed E-state index contributed by atoms with van der Waals surface area (Å²) in [5.41, 5.74) is 1.67. The Morgan fingerprint density at radius 3 is 2.30 bits per heavy atom. The third kappa shape index (κ3) is 3.13. The third-order valence-corrected chi connectivity index (χ3v) is 7.82. The lowest BCUT2D eigenvalue weighted by atomic mass is 9.54. The minimum absolute atomic E-state index is 0.0381. The van der Waals surface area contributed by atoms with E-state index in [1.807, 2.05) is 35.0 Å². The molecule has 0 spiro atoms. The van der Waals surface area contributed by atoms with Gasteiger partial charge in [-0.15, -0.1) is 0 Å². The van der Waals surface area contributed by atoms with E-state index in [1.165, 1.54) is 32.1 Å². The van der Waals surface area contributed by atoms with Gasteiger partial charge in [0.15, 0.2) is 0 Å². The average molecular weight is 407 g/mol. The summed E-state index contributed by atoms with van der Waals surface area (Å²) in [5.74, 6) is 4.08. The van der Waals surface area contributed by atoms with Crippen molar-refractivity contribution in [2.45, 2.75) is 38.1 Å². The first kappa shape index (κ1) is 18.4. The van der Waals surface area contributed by atoms with Gasteiger partial charge in [-0.2, -0.15) is 5.10 Å². The van der Waals surface area contributed by atoms with E-state index >= 15 is 0 Å². The molecule has 1 aromatic heterocycles. The number of morpholine rings is 1. The number of nitrogens with one attached hydrogen (secondary N) is 1. The van der Waals surface area contributed by atoms with Crippen molar-refractivity contribution in [3.05, 3.63) is 42.1 Å². The summed E-state index contributed by atoms with van der Waals surface area (Å²) in [6, 6.07) is 10.4. The number of amides is 1. The Morgan fingerprint density at radius 2 is 1.63 bits per heavy atom. The molecule has 4 saturated carbocycles. The highest BCUT2D eigenvalue weighted by molar-refractivity contribution is 5.99. The van der Waals surface area contributed by atoms with Crippen LogP contribution in [0.5, 0.6) is 0 Å². The standard InChI is InChI=1S/C24H30N4O2/c29-23(26-22-18-11-16-10-17(13-18)14-19(22)12-16)21-15-25-28(20-4-2-1-3-5-20)24(21)27-6-8-30-9-7-27/h1-5,15-19,22H,6-14H2,(H,26,29). The summed E-state index contributed by atoms with van der Waals surface area (Å²) in [6.07, 6.45) is 8.39. The molecule has 0 atom stereocenters. The highest BCUT2D eigenvalue weighted by Gasteiger charge is 2.48. The van der Waals surface area contributed by atoms with E-state index in [4.69, 9.17) is 4.74 Å². The molecule has 0 unspecified atom stereocenters. The van der Waals surface area contributed by atoms with Gasteiger partial charge in [0.1, 0.15) is 11.4 Å². The van der Waals surface area contributed by atoms with Crippen molar-refractivity contribution in [3.63, 3.8) is 0 Å². The molecule has 5 aliphatic rings. The Kier molecular flexibility index (Phi) is 4.55. The van der Waals surface area contributed by atoms with Crippen LogP contribution >= 0.6 is 0 Å². The van der Waals surface area contributed by atoms with Crippen LogP contribution in [-0.2, 0) is 4.74 Å². The number of carbonyl (C=O) groups excluding carboxylic acids is 1. The molecule has 1 aromatic carbocycles. The van der Waals surface area contributed by atoms with Crippen molar-refractivity contribution < 1.29 is 9.53 Å². The quantitative estimate of drug-likeness (QED) is 0.847. The van der Waals surface area contributed by atoms with E-state index in [-0.39, 0.29) is 5.91 Å². The molecule has 0 radical (unpaired) electrons. The predicted molar refractivity (Wildman–Crippen MR) is 115 cm³/mol. The largest absolute Gasteiger partial charge is 0.378 e. The second-order valence-corrected chi connectivity index (χ2v) is 9.66. The van der Waals surface area contributed by atoms with E-state index in [2.05, 4.69) is 15.3 Å². The molecule has 6 nitrogen and oxygen atoms in total. The summed E-state index contributed by atoms with van der Waals surface area (Å²) in [4.78, 5) is 15.8. The van der Waals surface area contributed by atoms with Crippen LogP contribution in [-0.4, -0.2) is 48.0 Å². The molecule has 30 heavy (non-hydrogen) atoms. The molecule has 1 aliphatic heterocycles. The first-order chi connectivity index (χ1) is 14.8. The second kappa shape index (κ2) is 7.41. The Morgan fingerprint density at radius 1 is 0.967 bits per heavy atom. The fraction of sp³-hybridized carbons (Fsp3) is 0.583. The number of para-hydroxylation sites is 1. The van der Waals surface area contributed by atoms with Crippen LogP contribution in [0.3, 0.4) is 0 Å². The number of carbonyl (C=O) groups is 1. The van der Waals surface area contributed by atoms with Crippen molar-refractivity contribution in [3.8, 4) is 5.69 Å². The molecule has 4 aliphatic carbocycles. The summed E-state index contributed by atoms with van der Waals surface area (Å²) < 4.78 is 7.47. The maximum absolute atomic E-state index is 13.5. The lowest BCUT2D eigenvalue weighted by molar-refractivity contribution is -0.0119. The van der Waals surface area contributed by atoms with E-state index < -0.39 is 0 Å². The van der Waals surface area contributed by atoms with Gasteiger partial charge in [-0.3, -0.25) is 4.79 Å². The molecule has 1 saturated heterocycles. The molecule has 1 amide bonds. The van der Waals surface area contributed by atoms with Gasteiger partial charge in [0, 0.05) is 19.1 Å². The first-order valence-corrected chi connectivity index (χ1v) is 11.5. The lowest BCUT2D eigenvalue weighted by Gasteiger charge is -2.54. The van der Waals surface area contributed by atoms with Crippen LogP contribution in [0.2, 0.25) is 0 Å². The van der Waals surface area contributed by atoms with Gasteiger partial charge in [-0.05, 0) is 67.9 Å². The van der Waals surface area contributed by atoms with Gasteiger partial charge >= 0.3 is 0 Å². The molecule has 1 N–H and O–H groups in total.